The Bertz CT molecular complexity index is 858. The molecule has 11 nitrogen and oxygen atoms in total. The van der Waals surface area contributed by atoms with Crippen LogP contribution in [0.1, 0.15) is 46.1 Å². The lowest BCUT2D eigenvalue weighted by Gasteiger charge is -2.26. The van der Waals surface area contributed by atoms with E-state index in [2.05, 4.69) is 16.0 Å². The molecule has 0 heterocycles. The lowest BCUT2D eigenvalue weighted by Crippen LogP contribution is -2.58. The highest BCUT2D eigenvalue weighted by molar-refractivity contribution is 5.94. The van der Waals surface area contributed by atoms with Crippen molar-refractivity contribution in [1.82, 2.24) is 16.0 Å². The van der Waals surface area contributed by atoms with Gasteiger partial charge in [0.15, 0.2) is 0 Å². The molecule has 11 heteroatoms. The highest BCUT2D eigenvalue weighted by Crippen LogP contribution is 2.13. The molecule has 1 rings (SSSR count). The van der Waals surface area contributed by atoms with Gasteiger partial charge >= 0.3 is 5.97 Å². The number of aromatic hydroxyl groups is 1. The third-order valence-electron chi connectivity index (χ3n) is 5.20. The molecule has 3 amide bonds. The molecule has 0 aromatic heterocycles. The van der Waals surface area contributed by atoms with E-state index in [4.69, 9.17) is 10.8 Å². The number of carbonyl (C=O) groups excluding carboxylic acids is 3. The second-order valence-electron chi connectivity index (χ2n) is 9.44. The van der Waals surface area contributed by atoms with E-state index in [1.54, 1.807) is 12.1 Å². The van der Waals surface area contributed by atoms with Crippen molar-refractivity contribution in [2.24, 2.45) is 17.6 Å². The highest BCUT2D eigenvalue weighted by atomic mass is 16.4. The zero-order valence-corrected chi connectivity index (χ0v) is 20.7. The quantitative estimate of drug-likeness (QED) is 0.186. The summed E-state index contributed by atoms with van der Waals surface area (Å²) in [4.78, 5) is 50.0. The maximum atomic E-state index is 13.0. The molecule has 4 unspecified atom stereocenters. The van der Waals surface area contributed by atoms with E-state index in [0.29, 0.717) is 5.56 Å². The van der Waals surface area contributed by atoms with Gasteiger partial charge in [0, 0.05) is 6.42 Å². The van der Waals surface area contributed by atoms with Crippen LogP contribution < -0.4 is 21.7 Å². The molecule has 0 radical (unpaired) electrons. The van der Waals surface area contributed by atoms with Gasteiger partial charge in [-0.05, 0) is 42.4 Å². The third kappa shape index (κ3) is 10.7. The number of aliphatic hydroxyl groups excluding tert-OH is 1. The number of benzene rings is 1. The predicted molar refractivity (Wildman–Crippen MR) is 129 cm³/mol. The van der Waals surface area contributed by atoms with E-state index in [1.165, 1.54) is 12.1 Å². The molecular formula is C24H38N4O7. The molecule has 196 valence electrons. The van der Waals surface area contributed by atoms with E-state index < -0.39 is 54.5 Å². The summed E-state index contributed by atoms with van der Waals surface area (Å²) in [5, 5.41) is 35.8. The number of nitrogens with two attached hydrogens (primary N) is 1. The van der Waals surface area contributed by atoms with Crippen LogP contribution in [0.3, 0.4) is 0 Å². The second-order valence-corrected chi connectivity index (χ2v) is 9.44. The average Bonchev–Trinajstić information content (AvgIpc) is 2.77. The van der Waals surface area contributed by atoms with Gasteiger partial charge in [0.2, 0.25) is 17.7 Å². The topological polar surface area (TPSA) is 191 Å². The minimum atomic E-state index is -1.26. The maximum absolute atomic E-state index is 13.0. The van der Waals surface area contributed by atoms with Gasteiger partial charge in [0.25, 0.3) is 0 Å². The zero-order valence-electron chi connectivity index (χ0n) is 20.7. The maximum Gasteiger partial charge on any atom is 0.326 e. The number of rotatable bonds is 14. The smallest absolute Gasteiger partial charge is 0.326 e. The van der Waals surface area contributed by atoms with Crippen molar-refractivity contribution >= 4 is 23.7 Å². The Morgan fingerprint density at radius 1 is 0.800 bits per heavy atom. The molecule has 0 saturated carbocycles. The Morgan fingerprint density at radius 3 is 1.63 bits per heavy atom. The first-order valence-corrected chi connectivity index (χ1v) is 11.6. The summed E-state index contributed by atoms with van der Waals surface area (Å²) >= 11 is 0. The molecule has 35 heavy (non-hydrogen) atoms. The molecule has 0 bridgehead atoms. The number of hydrogen-bond acceptors (Lipinski definition) is 7. The standard InChI is InChI=1S/C24H38N4O7/c1-13(2)9-18(26-21(31)17(25)12-29)22(32)27-19(10-14(3)4)23(33)28-20(24(34)35)11-15-5-7-16(30)8-6-15/h5-8,13-14,17-20,29-30H,9-12,25H2,1-4H3,(H,26,31)(H,27,32)(H,28,33)(H,34,35). The number of phenolic OH excluding ortho intramolecular Hbond substituents is 1. The van der Waals surface area contributed by atoms with Crippen molar-refractivity contribution in [3.63, 3.8) is 0 Å². The lowest BCUT2D eigenvalue weighted by atomic mass is 9.99. The summed E-state index contributed by atoms with van der Waals surface area (Å²) in [6.07, 6.45) is 0.487. The van der Waals surface area contributed by atoms with Crippen molar-refractivity contribution in [3.8, 4) is 5.75 Å². The van der Waals surface area contributed by atoms with Crippen LogP contribution in [-0.2, 0) is 25.6 Å². The Balaban J connectivity index is 3.01. The van der Waals surface area contributed by atoms with Crippen LogP contribution in [0.2, 0.25) is 0 Å². The summed E-state index contributed by atoms with van der Waals surface area (Å²) in [5.41, 5.74) is 6.14. The molecular weight excluding hydrogens is 456 g/mol. The van der Waals surface area contributed by atoms with Crippen LogP contribution >= 0.6 is 0 Å². The van der Waals surface area contributed by atoms with Crippen molar-refractivity contribution in [2.45, 2.75) is 71.1 Å². The second kappa shape index (κ2) is 14.3. The first-order valence-electron chi connectivity index (χ1n) is 11.6. The van der Waals surface area contributed by atoms with E-state index in [-0.39, 0.29) is 36.8 Å². The van der Waals surface area contributed by atoms with Crippen molar-refractivity contribution in [3.05, 3.63) is 29.8 Å². The Kier molecular flexibility index (Phi) is 12.2. The summed E-state index contributed by atoms with van der Waals surface area (Å²) in [6, 6.07) is 1.48. The molecule has 0 saturated heterocycles. The SMILES string of the molecule is CC(C)CC(NC(=O)C(N)CO)C(=O)NC(CC(C)C)C(=O)NC(Cc1ccc(O)cc1)C(=O)O. The average molecular weight is 495 g/mol. The number of carboxylic acids is 1. The first kappa shape index (κ1) is 29.9. The Labute approximate surface area is 205 Å². The monoisotopic (exact) mass is 494 g/mol. The number of carboxylic acid groups (broad SMARTS) is 1. The number of amides is 3. The van der Waals surface area contributed by atoms with Crippen LogP contribution in [0.25, 0.3) is 0 Å². The first-order chi connectivity index (χ1) is 16.3. The molecule has 0 aliphatic heterocycles. The lowest BCUT2D eigenvalue weighted by molar-refractivity contribution is -0.142. The van der Waals surface area contributed by atoms with E-state index in [1.807, 2.05) is 27.7 Å². The van der Waals surface area contributed by atoms with Crippen molar-refractivity contribution in [1.29, 1.82) is 0 Å². The van der Waals surface area contributed by atoms with Gasteiger partial charge in [-0.25, -0.2) is 4.79 Å². The van der Waals surface area contributed by atoms with Gasteiger partial charge in [-0.3, -0.25) is 14.4 Å². The number of nitrogens with one attached hydrogen (secondary N) is 3. The fourth-order valence-electron chi connectivity index (χ4n) is 3.38. The number of hydrogen-bond donors (Lipinski definition) is 7. The number of phenols is 1. The van der Waals surface area contributed by atoms with Gasteiger partial charge < -0.3 is 37.0 Å². The number of aliphatic carboxylic acids is 1. The summed E-state index contributed by atoms with van der Waals surface area (Å²) < 4.78 is 0. The molecule has 0 fully saturated rings. The largest absolute Gasteiger partial charge is 0.508 e. The summed E-state index contributed by atoms with van der Waals surface area (Å²) in [7, 11) is 0. The molecule has 4 atom stereocenters. The number of carbonyl (C=O) groups is 4. The normalized spacial score (nSPS) is 14.6. The molecule has 0 spiro atoms. The minimum absolute atomic E-state index is 0.00706. The van der Waals surface area contributed by atoms with Crippen molar-refractivity contribution in [2.75, 3.05) is 6.61 Å². The molecule has 1 aromatic carbocycles. The molecule has 1 aromatic rings. The van der Waals surface area contributed by atoms with Crippen LogP contribution in [0.5, 0.6) is 5.75 Å². The minimum Gasteiger partial charge on any atom is -0.508 e. The van der Waals surface area contributed by atoms with Crippen LogP contribution in [0, 0.1) is 11.8 Å². The number of aliphatic hydroxyl groups is 1. The third-order valence-corrected chi connectivity index (χ3v) is 5.20. The highest BCUT2D eigenvalue weighted by Gasteiger charge is 2.31. The molecule has 8 N–H and O–H groups in total. The summed E-state index contributed by atoms with van der Waals surface area (Å²) in [5.74, 6) is -3.17. The summed E-state index contributed by atoms with van der Waals surface area (Å²) in [6.45, 7) is 6.84. The van der Waals surface area contributed by atoms with Crippen molar-refractivity contribution < 1.29 is 34.5 Å². The van der Waals surface area contributed by atoms with Crippen LogP contribution in [-0.4, -0.2) is 69.8 Å². The fraction of sp³-hybridized carbons (Fsp3) is 0.583. The van der Waals surface area contributed by atoms with Gasteiger partial charge in [-0.1, -0.05) is 39.8 Å². The molecule has 0 aliphatic carbocycles. The van der Waals surface area contributed by atoms with Crippen LogP contribution in [0.15, 0.2) is 24.3 Å². The van der Waals surface area contributed by atoms with Gasteiger partial charge in [-0.15, -0.1) is 0 Å². The Hall–Kier alpha value is -3.18. The van der Waals surface area contributed by atoms with E-state index in [9.17, 15) is 29.4 Å². The Morgan fingerprint density at radius 2 is 1.23 bits per heavy atom. The van der Waals surface area contributed by atoms with Gasteiger partial charge in [0.05, 0.1) is 6.61 Å². The van der Waals surface area contributed by atoms with E-state index >= 15 is 0 Å². The fourth-order valence-corrected chi connectivity index (χ4v) is 3.38. The van der Waals surface area contributed by atoms with E-state index in [0.717, 1.165) is 0 Å². The predicted octanol–water partition coefficient (Wildman–Crippen LogP) is -0.114. The van der Waals surface area contributed by atoms with Gasteiger partial charge in [-0.2, -0.15) is 0 Å². The molecule has 0 aliphatic rings. The van der Waals surface area contributed by atoms with Crippen LogP contribution in [0.4, 0.5) is 0 Å². The zero-order chi connectivity index (χ0) is 26.7. The van der Waals surface area contributed by atoms with Gasteiger partial charge in [0.1, 0.15) is 29.9 Å².